The molecule has 0 spiro atoms. The molecule has 0 saturated heterocycles. The Balaban J connectivity index is 2.00. The Morgan fingerprint density at radius 2 is 1.50 bits per heavy atom. The number of unbranched alkanes of at least 4 members (excludes halogenated alkanes) is 1. The Morgan fingerprint density at radius 1 is 0.895 bits per heavy atom. The number of hydrogen-bond donors (Lipinski definition) is 1. The number of rotatable bonds is 13. The molecule has 3 aromatic carbocycles. The van der Waals surface area contributed by atoms with E-state index < -0.39 is 28.5 Å². The monoisotopic (exact) mass is 647 g/mol. The lowest BCUT2D eigenvalue weighted by atomic mass is 10.1. The van der Waals surface area contributed by atoms with E-state index in [9.17, 15) is 18.0 Å². The molecule has 9 heteroatoms. The van der Waals surface area contributed by atoms with Crippen molar-refractivity contribution in [2.75, 3.05) is 17.4 Å². The molecule has 0 bridgehead atoms. The lowest BCUT2D eigenvalue weighted by Crippen LogP contribution is -2.52. The van der Waals surface area contributed by atoms with Gasteiger partial charge in [-0.3, -0.25) is 13.9 Å². The second kappa shape index (κ2) is 14.3. The normalized spacial score (nSPS) is 12.0. The average molecular weight is 648 g/mol. The summed E-state index contributed by atoms with van der Waals surface area (Å²) in [6, 6.07) is 23.7. The van der Waals surface area contributed by atoms with Crippen LogP contribution >= 0.6 is 22.6 Å². The zero-order chi connectivity index (χ0) is 27.5. The fourth-order valence-corrected chi connectivity index (χ4v) is 5.86. The van der Waals surface area contributed by atoms with Crippen molar-refractivity contribution in [1.29, 1.82) is 0 Å². The van der Waals surface area contributed by atoms with Crippen molar-refractivity contribution in [1.82, 2.24) is 10.2 Å². The summed E-state index contributed by atoms with van der Waals surface area (Å²) in [5, 5.41) is 2.94. The van der Waals surface area contributed by atoms with Gasteiger partial charge in [-0.05, 0) is 77.4 Å². The van der Waals surface area contributed by atoms with Crippen LogP contribution in [-0.4, -0.2) is 44.3 Å². The molecule has 0 unspecified atom stereocenters. The van der Waals surface area contributed by atoms with Crippen LogP contribution in [0.2, 0.25) is 0 Å². The Bertz CT molecular complexity index is 1290. The molecular formula is C29H34IN3O4S. The number of sulfonamides is 1. The van der Waals surface area contributed by atoms with Crippen molar-refractivity contribution >= 4 is 50.1 Å². The first-order chi connectivity index (χ1) is 18.3. The molecule has 0 aliphatic carbocycles. The summed E-state index contributed by atoms with van der Waals surface area (Å²) >= 11 is 2.15. The molecule has 0 aliphatic rings. The van der Waals surface area contributed by atoms with E-state index in [4.69, 9.17) is 0 Å². The summed E-state index contributed by atoms with van der Waals surface area (Å²) in [5.74, 6) is -0.693. The Morgan fingerprint density at radius 3 is 2.08 bits per heavy atom. The maximum Gasteiger partial charge on any atom is 0.264 e. The number of carbonyl (C=O) groups is 2. The predicted molar refractivity (Wildman–Crippen MR) is 159 cm³/mol. The standard InChI is InChI=1S/C29H34IN3O4S/c1-3-5-20-31-29(35)27(4-2)32(21-23-12-8-6-9-13-23)28(34)22-33(25-18-16-24(30)17-19-25)38(36,37)26-14-10-7-11-15-26/h6-19,27H,3-5,20-22H2,1-2H3,(H,31,35)/t27-/m1/s1. The summed E-state index contributed by atoms with van der Waals surface area (Å²) in [7, 11) is -4.06. The zero-order valence-electron chi connectivity index (χ0n) is 21.7. The highest BCUT2D eigenvalue weighted by Gasteiger charge is 2.33. The van der Waals surface area contributed by atoms with Crippen molar-refractivity contribution < 1.29 is 18.0 Å². The van der Waals surface area contributed by atoms with Crippen molar-refractivity contribution in [3.05, 3.63) is 94.1 Å². The predicted octanol–water partition coefficient (Wildman–Crippen LogP) is 5.21. The Hall–Kier alpha value is -2.92. The number of nitrogens with zero attached hydrogens (tertiary/aromatic N) is 2. The van der Waals surface area contributed by atoms with Crippen LogP contribution in [0, 0.1) is 3.57 Å². The largest absolute Gasteiger partial charge is 0.354 e. The van der Waals surface area contributed by atoms with Gasteiger partial charge in [0.2, 0.25) is 11.8 Å². The molecular weight excluding hydrogens is 613 g/mol. The highest BCUT2D eigenvalue weighted by Crippen LogP contribution is 2.25. The van der Waals surface area contributed by atoms with Gasteiger partial charge in [0, 0.05) is 16.7 Å². The number of nitrogens with one attached hydrogen (secondary N) is 1. The maximum atomic E-state index is 13.9. The molecule has 2 amide bonds. The van der Waals surface area contributed by atoms with Crippen LogP contribution in [0.3, 0.4) is 0 Å². The van der Waals surface area contributed by atoms with Crippen molar-refractivity contribution in [3.8, 4) is 0 Å². The van der Waals surface area contributed by atoms with E-state index in [0.29, 0.717) is 18.7 Å². The van der Waals surface area contributed by atoms with Crippen LogP contribution < -0.4 is 9.62 Å². The molecule has 1 atom stereocenters. The lowest BCUT2D eigenvalue weighted by Gasteiger charge is -2.33. The van der Waals surface area contributed by atoms with Gasteiger partial charge in [0.15, 0.2) is 0 Å². The molecule has 202 valence electrons. The zero-order valence-corrected chi connectivity index (χ0v) is 24.7. The second-order valence-electron chi connectivity index (χ2n) is 8.88. The van der Waals surface area contributed by atoms with E-state index in [2.05, 4.69) is 27.9 Å². The average Bonchev–Trinajstić information content (AvgIpc) is 2.93. The second-order valence-corrected chi connectivity index (χ2v) is 12.0. The number of halogens is 1. The quantitative estimate of drug-likeness (QED) is 0.204. The fraction of sp³-hybridized carbons (Fsp3) is 0.310. The van der Waals surface area contributed by atoms with E-state index in [-0.39, 0.29) is 17.3 Å². The number of amides is 2. The topological polar surface area (TPSA) is 86.8 Å². The smallest absolute Gasteiger partial charge is 0.264 e. The molecule has 3 aromatic rings. The molecule has 0 radical (unpaired) electrons. The maximum absolute atomic E-state index is 13.9. The molecule has 3 rings (SSSR count). The van der Waals surface area contributed by atoms with E-state index in [0.717, 1.165) is 26.3 Å². The Labute approximate surface area is 239 Å². The Kier molecular flexibility index (Phi) is 11.1. The molecule has 7 nitrogen and oxygen atoms in total. The minimum absolute atomic E-state index is 0.0882. The van der Waals surface area contributed by atoms with Gasteiger partial charge < -0.3 is 10.2 Å². The summed E-state index contributed by atoms with van der Waals surface area (Å²) in [5.41, 5.74) is 1.23. The van der Waals surface area contributed by atoms with E-state index in [1.165, 1.54) is 17.0 Å². The van der Waals surface area contributed by atoms with Crippen LogP contribution in [0.15, 0.2) is 89.8 Å². The van der Waals surface area contributed by atoms with Crippen LogP contribution in [0.1, 0.15) is 38.7 Å². The summed E-state index contributed by atoms with van der Waals surface area (Å²) in [6.07, 6.45) is 2.17. The lowest BCUT2D eigenvalue weighted by molar-refractivity contribution is -0.140. The van der Waals surface area contributed by atoms with Crippen LogP contribution in [-0.2, 0) is 26.2 Å². The van der Waals surface area contributed by atoms with Crippen LogP contribution in [0.4, 0.5) is 5.69 Å². The van der Waals surface area contributed by atoms with Crippen LogP contribution in [0.5, 0.6) is 0 Å². The molecule has 38 heavy (non-hydrogen) atoms. The number of carbonyl (C=O) groups excluding carboxylic acids is 2. The summed E-state index contributed by atoms with van der Waals surface area (Å²) in [6.45, 7) is 4.17. The highest BCUT2D eigenvalue weighted by atomic mass is 127. The molecule has 1 N–H and O–H groups in total. The third kappa shape index (κ3) is 7.80. The fourth-order valence-electron chi connectivity index (χ4n) is 4.06. The molecule has 0 fully saturated rings. The molecule has 0 saturated carbocycles. The van der Waals surface area contributed by atoms with E-state index >= 15 is 0 Å². The van der Waals surface area contributed by atoms with Gasteiger partial charge in [0.1, 0.15) is 12.6 Å². The van der Waals surface area contributed by atoms with Crippen molar-refractivity contribution in [2.45, 2.75) is 50.6 Å². The number of hydrogen-bond acceptors (Lipinski definition) is 4. The summed E-state index contributed by atoms with van der Waals surface area (Å²) < 4.78 is 29.6. The first-order valence-corrected chi connectivity index (χ1v) is 15.2. The molecule has 0 aromatic heterocycles. The minimum Gasteiger partial charge on any atom is -0.354 e. The third-order valence-corrected chi connectivity index (χ3v) is 8.64. The molecule has 0 aliphatic heterocycles. The number of anilines is 1. The van der Waals surface area contributed by atoms with Gasteiger partial charge in [-0.15, -0.1) is 0 Å². The van der Waals surface area contributed by atoms with Gasteiger partial charge in [-0.2, -0.15) is 0 Å². The van der Waals surface area contributed by atoms with E-state index in [1.54, 1.807) is 42.5 Å². The SMILES string of the molecule is CCCCNC(=O)[C@@H](CC)N(Cc1ccccc1)C(=O)CN(c1ccc(I)cc1)S(=O)(=O)c1ccccc1. The van der Waals surface area contributed by atoms with Gasteiger partial charge in [-0.1, -0.05) is 68.8 Å². The first kappa shape index (κ1) is 29.6. The molecule has 0 heterocycles. The first-order valence-electron chi connectivity index (χ1n) is 12.7. The van der Waals surface area contributed by atoms with Crippen LogP contribution in [0.25, 0.3) is 0 Å². The van der Waals surface area contributed by atoms with Gasteiger partial charge >= 0.3 is 0 Å². The van der Waals surface area contributed by atoms with Crippen molar-refractivity contribution in [2.24, 2.45) is 0 Å². The van der Waals surface area contributed by atoms with Crippen molar-refractivity contribution in [3.63, 3.8) is 0 Å². The van der Waals surface area contributed by atoms with E-state index in [1.807, 2.05) is 44.2 Å². The third-order valence-electron chi connectivity index (χ3n) is 6.14. The highest BCUT2D eigenvalue weighted by molar-refractivity contribution is 14.1. The van der Waals surface area contributed by atoms with Gasteiger partial charge in [-0.25, -0.2) is 8.42 Å². The number of benzene rings is 3. The van der Waals surface area contributed by atoms with Gasteiger partial charge in [0.05, 0.1) is 10.6 Å². The summed E-state index contributed by atoms with van der Waals surface area (Å²) in [4.78, 5) is 28.7. The van der Waals surface area contributed by atoms with Gasteiger partial charge in [0.25, 0.3) is 10.0 Å². The minimum atomic E-state index is -4.06.